The van der Waals surface area contributed by atoms with E-state index in [1.807, 2.05) is 12.3 Å². The highest BCUT2D eigenvalue weighted by Crippen LogP contribution is 2.36. The fourth-order valence-corrected chi connectivity index (χ4v) is 4.87. The molecular formula is C31H26N2O. The van der Waals surface area contributed by atoms with E-state index in [0.717, 1.165) is 50.8 Å². The molecule has 0 spiro atoms. The van der Waals surface area contributed by atoms with Crippen LogP contribution in [0.5, 0.6) is 0 Å². The van der Waals surface area contributed by atoms with E-state index in [1.54, 1.807) is 6.26 Å². The van der Waals surface area contributed by atoms with Gasteiger partial charge >= 0.3 is 0 Å². The van der Waals surface area contributed by atoms with Crippen molar-refractivity contribution in [2.75, 3.05) is 0 Å². The highest BCUT2D eigenvalue weighted by atomic mass is 16.3. The Morgan fingerprint density at radius 3 is 2.56 bits per heavy atom. The number of hydrogen-bond donors (Lipinski definition) is 0. The molecule has 3 aromatic carbocycles. The van der Waals surface area contributed by atoms with E-state index < -0.39 is 0 Å². The summed E-state index contributed by atoms with van der Waals surface area (Å²) in [6, 6.07) is 25.9. The largest absolute Gasteiger partial charge is 0.462 e. The van der Waals surface area contributed by atoms with Crippen LogP contribution in [-0.2, 0) is 6.42 Å². The standard InChI is InChI=1S/C31H26N2O/c1-19(2)15-25-8-10-27-28(17-24-12-14-34-31(24)30(27)33-25)29-18-22(11-13-32-29)21-7-9-26-20(3)5-4-6-23(26)16-21/h4-14,16-19H,15H2,1-3H3. The van der Waals surface area contributed by atoms with Gasteiger partial charge in [0.05, 0.1) is 12.0 Å². The quantitative estimate of drug-likeness (QED) is 0.275. The second-order valence-electron chi connectivity index (χ2n) is 9.50. The minimum atomic E-state index is 0.546. The summed E-state index contributed by atoms with van der Waals surface area (Å²) in [6.07, 6.45) is 4.58. The SMILES string of the molecule is Cc1cccc2cc(-c3ccnc(-c4cc5ccoc5c5nc(CC(C)C)ccc45)c3)ccc12. The zero-order valence-electron chi connectivity index (χ0n) is 19.7. The molecule has 0 atom stereocenters. The zero-order valence-corrected chi connectivity index (χ0v) is 19.7. The molecular weight excluding hydrogens is 416 g/mol. The van der Waals surface area contributed by atoms with Gasteiger partial charge < -0.3 is 4.42 Å². The summed E-state index contributed by atoms with van der Waals surface area (Å²) >= 11 is 0. The van der Waals surface area contributed by atoms with Crippen molar-refractivity contribution >= 4 is 32.6 Å². The molecule has 0 saturated heterocycles. The van der Waals surface area contributed by atoms with Crippen molar-refractivity contribution in [3.05, 3.63) is 96.5 Å². The molecule has 0 amide bonds. The van der Waals surface area contributed by atoms with Crippen molar-refractivity contribution in [3.8, 4) is 22.4 Å². The highest BCUT2D eigenvalue weighted by Gasteiger charge is 2.15. The Kier molecular flexibility index (Phi) is 4.91. The van der Waals surface area contributed by atoms with Gasteiger partial charge in [-0.3, -0.25) is 4.98 Å². The van der Waals surface area contributed by atoms with E-state index in [1.165, 1.54) is 21.9 Å². The molecule has 3 heteroatoms. The van der Waals surface area contributed by atoms with Crippen LogP contribution < -0.4 is 0 Å². The molecule has 3 heterocycles. The van der Waals surface area contributed by atoms with Crippen molar-refractivity contribution in [2.45, 2.75) is 27.2 Å². The predicted molar refractivity (Wildman–Crippen MR) is 141 cm³/mol. The smallest absolute Gasteiger partial charge is 0.160 e. The molecule has 6 aromatic rings. The minimum absolute atomic E-state index is 0.546. The molecule has 0 N–H and O–H groups in total. The average Bonchev–Trinajstić information content (AvgIpc) is 3.32. The van der Waals surface area contributed by atoms with Crippen molar-refractivity contribution in [1.29, 1.82) is 0 Å². The third-order valence-corrected chi connectivity index (χ3v) is 6.54. The number of aromatic nitrogens is 2. The van der Waals surface area contributed by atoms with Crippen LogP contribution in [0.1, 0.15) is 25.1 Å². The Hall–Kier alpha value is -3.98. The number of nitrogens with zero attached hydrogens (tertiary/aromatic N) is 2. The summed E-state index contributed by atoms with van der Waals surface area (Å²) in [6.45, 7) is 6.59. The molecule has 0 aliphatic carbocycles. The van der Waals surface area contributed by atoms with Gasteiger partial charge in [0, 0.05) is 28.2 Å². The van der Waals surface area contributed by atoms with E-state index in [4.69, 9.17) is 14.4 Å². The third-order valence-electron chi connectivity index (χ3n) is 6.54. The van der Waals surface area contributed by atoms with Crippen molar-refractivity contribution in [1.82, 2.24) is 9.97 Å². The van der Waals surface area contributed by atoms with Gasteiger partial charge in [0.15, 0.2) is 5.58 Å². The summed E-state index contributed by atoms with van der Waals surface area (Å²) in [5.74, 6) is 0.546. The van der Waals surface area contributed by atoms with Crippen LogP contribution in [0, 0.1) is 12.8 Å². The predicted octanol–water partition coefficient (Wildman–Crippen LogP) is 8.37. The van der Waals surface area contributed by atoms with Gasteiger partial charge in [-0.05, 0) is 83.1 Å². The molecule has 3 nitrogen and oxygen atoms in total. The molecule has 0 fully saturated rings. The van der Waals surface area contributed by atoms with Gasteiger partial charge in [0.2, 0.25) is 0 Å². The summed E-state index contributed by atoms with van der Waals surface area (Å²) in [4.78, 5) is 9.77. The molecule has 3 aromatic heterocycles. The lowest BCUT2D eigenvalue weighted by atomic mass is 9.96. The van der Waals surface area contributed by atoms with Crippen LogP contribution in [0.2, 0.25) is 0 Å². The Labute approximate surface area is 199 Å². The first-order valence-corrected chi connectivity index (χ1v) is 11.8. The number of pyridine rings is 2. The Balaban J connectivity index is 1.52. The molecule has 0 unspecified atom stereocenters. The van der Waals surface area contributed by atoms with Crippen LogP contribution in [0.3, 0.4) is 0 Å². The summed E-state index contributed by atoms with van der Waals surface area (Å²) in [7, 11) is 0. The van der Waals surface area contributed by atoms with Gasteiger partial charge in [-0.15, -0.1) is 0 Å². The zero-order chi connectivity index (χ0) is 23.2. The number of rotatable bonds is 4. The van der Waals surface area contributed by atoms with Crippen LogP contribution in [0.4, 0.5) is 0 Å². The molecule has 0 aliphatic heterocycles. The fraction of sp³-hybridized carbons (Fsp3) is 0.161. The Bertz CT molecular complexity index is 1680. The van der Waals surface area contributed by atoms with Gasteiger partial charge in [0.1, 0.15) is 5.52 Å². The molecule has 0 saturated carbocycles. The molecule has 166 valence electrons. The second-order valence-corrected chi connectivity index (χ2v) is 9.50. The summed E-state index contributed by atoms with van der Waals surface area (Å²) in [5, 5.41) is 4.65. The second kappa shape index (κ2) is 8.11. The maximum Gasteiger partial charge on any atom is 0.160 e. The lowest BCUT2D eigenvalue weighted by Gasteiger charge is -2.11. The van der Waals surface area contributed by atoms with Crippen molar-refractivity contribution in [3.63, 3.8) is 0 Å². The van der Waals surface area contributed by atoms with Gasteiger partial charge in [0.25, 0.3) is 0 Å². The number of furan rings is 1. The van der Waals surface area contributed by atoms with E-state index in [9.17, 15) is 0 Å². The lowest BCUT2D eigenvalue weighted by molar-refractivity contribution is 0.616. The van der Waals surface area contributed by atoms with Crippen LogP contribution >= 0.6 is 0 Å². The number of fused-ring (bicyclic) bond motifs is 4. The van der Waals surface area contributed by atoms with E-state index in [0.29, 0.717) is 5.92 Å². The minimum Gasteiger partial charge on any atom is -0.462 e. The van der Waals surface area contributed by atoms with E-state index in [2.05, 4.69) is 87.5 Å². The Morgan fingerprint density at radius 1 is 0.824 bits per heavy atom. The molecule has 34 heavy (non-hydrogen) atoms. The fourth-order valence-electron chi connectivity index (χ4n) is 4.87. The topological polar surface area (TPSA) is 38.9 Å². The summed E-state index contributed by atoms with van der Waals surface area (Å²) in [5.41, 5.74) is 8.48. The van der Waals surface area contributed by atoms with Gasteiger partial charge in [-0.2, -0.15) is 0 Å². The maximum atomic E-state index is 5.84. The van der Waals surface area contributed by atoms with E-state index >= 15 is 0 Å². The number of aryl methyl sites for hydroxylation is 1. The number of hydrogen-bond acceptors (Lipinski definition) is 3. The molecule has 0 bridgehead atoms. The lowest BCUT2D eigenvalue weighted by Crippen LogP contribution is -1.98. The number of benzene rings is 3. The van der Waals surface area contributed by atoms with Gasteiger partial charge in [-0.25, -0.2) is 4.98 Å². The maximum absolute atomic E-state index is 5.84. The Morgan fingerprint density at radius 2 is 1.68 bits per heavy atom. The molecule has 0 radical (unpaired) electrons. The van der Waals surface area contributed by atoms with E-state index in [-0.39, 0.29) is 0 Å². The van der Waals surface area contributed by atoms with Crippen LogP contribution in [0.25, 0.3) is 55.0 Å². The first kappa shape index (κ1) is 20.6. The molecule has 0 aliphatic rings. The van der Waals surface area contributed by atoms with Gasteiger partial charge in [-0.1, -0.05) is 50.2 Å². The monoisotopic (exact) mass is 442 g/mol. The van der Waals surface area contributed by atoms with Crippen molar-refractivity contribution in [2.24, 2.45) is 5.92 Å². The first-order valence-electron chi connectivity index (χ1n) is 11.8. The van der Waals surface area contributed by atoms with Crippen molar-refractivity contribution < 1.29 is 4.42 Å². The third kappa shape index (κ3) is 3.54. The van der Waals surface area contributed by atoms with Crippen LogP contribution in [0.15, 0.2) is 89.7 Å². The summed E-state index contributed by atoms with van der Waals surface area (Å²) < 4.78 is 5.84. The highest BCUT2D eigenvalue weighted by molar-refractivity contribution is 6.09. The molecule has 6 rings (SSSR count). The average molecular weight is 443 g/mol. The first-order chi connectivity index (χ1) is 16.6. The van der Waals surface area contributed by atoms with Crippen LogP contribution in [-0.4, -0.2) is 9.97 Å². The normalized spacial score (nSPS) is 11.8.